The number of amides is 1. The number of alkyl halides is 4. The zero-order chi connectivity index (χ0) is 14.5. The fourth-order valence-electron chi connectivity index (χ4n) is 1.25. The maximum absolute atomic E-state index is 12.1. The third-order valence-electron chi connectivity index (χ3n) is 2.06. The molecule has 0 aliphatic heterocycles. The van der Waals surface area contributed by atoms with E-state index in [1.165, 1.54) is 18.2 Å². The Bertz CT molecular complexity index is 452. The summed E-state index contributed by atoms with van der Waals surface area (Å²) < 4.78 is 40.9. The molecule has 8 heteroatoms. The number of ether oxygens (including phenoxy) is 1. The van der Waals surface area contributed by atoms with Crippen molar-refractivity contribution in [3.63, 3.8) is 0 Å². The van der Waals surface area contributed by atoms with Crippen molar-refractivity contribution in [2.24, 2.45) is 0 Å². The first-order chi connectivity index (χ1) is 8.85. The minimum atomic E-state index is -4.45. The van der Waals surface area contributed by atoms with Gasteiger partial charge in [-0.3, -0.25) is 4.79 Å². The Morgan fingerprint density at radius 1 is 1.42 bits per heavy atom. The van der Waals surface area contributed by atoms with E-state index in [2.05, 4.69) is 15.4 Å². The van der Waals surface area contributed by atoms with Gasteiger partial charge in [0.1, 0.15) is 11.6 Å². The largest absolute Gasteiger partial charge is 0.482 e. The summed E-state index contributed by atoms with van der Waals surface area (Å²) in [6.45, 7) is -1.43. The summed E-state index contributed by atoms with van der Waals surface area (Å²) in [6, 6.07) is 4.32. The average molecular weight is 297 g/mol. The monoisotopic (exact) mass is 296 g/mol. The molecule has 0 saturated carbocycles. The molecular weight excluding hydrogens is 285 g/mol. The number of halogens is 4. The van der Waals surface area contributed by atoms with E-state index in [0.29, 0.717) is 5.69 Å². The first-order valence-electron chi connectivity index (χ1n) is 5.23. The van der Waals surface area contributed by atoms with Crippen LogP contribution in [0.25, 0.3) is 0 Å². The molecule has 1 aromatic rings. The molecule has 0 unspecified atom stereocenters. The molecule has 2 N–H and O–H groups in total. The number of benzene rings is 1. The molecule has 0 spiro atoms. The summed E-state index contributed by atoms with van der Waals surface area (Å²) in [4.78, 5) is 11.2. The van der Waals surface area contributed by atoms with Crippen molar-refractivity contribution in [1.29, 1.82) is 0 Å². The third-order valence-corrected chi connectivity index (χ3v) is 2.30. The van der Waals surface area contributed by atoms with Crippen LogP contribution in [0.1, 0.15) is 0 Å². The molecule has 19 heavy (non-hydrogen) atoms. The van der Waals surface area contributed by atoms with Crippen molar-refractivity contribution in [2.45, 2.75) is 6.18 Å². The summed E-state index contributed by atoms with van der Waals surface area (Å²) >= 11 is 5.33. The van der Waals surface area contributed by atoms with Crippen molar-refractivity contribution in [3.05, 3.63) is 18.2 Å². The zero-order valence-electron chi connectivity index (χ0n) is 9.97. The Kier molecular flexibility index (Phi) is 5.29. The molecule has 0 bridgehead atoms. The molecule has 1 aromatic carbocycles. The summed E-state index contributed by atoms with van der Waals surface area (Å²) in [6.07, 6.45) is -4.45. The molecule has 0 aliphatic rings. The van der Waals surface area contributed by atoms with Crippen LogP contribution >= 0.6 is 11.6 Å². The number of nitrogens with one attached hydrogen (secondary N) is 2. The Morgan fingerprint density at radius 3 is 2.63 bits per heavy atom. The van der Waals surface area contributed by atoms with Crippen LogP contribution in [0.15, 0.2) is 18.2 Å². The van der Waals surface area contributed by atoms with Crippen molar-refractivity contribution in [1.82, 2.24) is 0 Å². The molecule has 1 rings (SSSR count). The number of carbonyl (C=O) groups is 1. The molecule has 0 aliphatic carbocycles. The lowest BCUT2D eigenvalue weighted by atomic mass is 10.2. The Balaban J connectivity index is 2.91. The van der Waals surface area contributed by atoms with E-state index in [9.17, 15) is 18.0 Å². The molecule has 0 fully saturated rings. The Labute approximate surface area is 112 Å². The zero-order valence-corrected chi connectivity index (χ0v) is 10.7. The molecule has 0 heterocycles. The smallest absolute Gasteiger partial charge is 0.422 e. The molecule has 0 radical (unpaired) electrons. The van der Waals surface area contributed by atoms with E-state index >= 15 is 0 Å². The van der Waals surface area contributed by atoms with Gasteiger partial charge < -0.3 is 15.4 Å². The van der Waals surface area contributed by atoms with Gasteiger partial charge in [0.05, 0.1) is 5.69 Å². The second-order valence-corrected chi connectivity index (χ2v) is 3.81. The number of hydrogen-bond acceptors (Lipinski definition) is 3. The molecule has 0 saturated heterocycles. The van der Waals surface area contributed by atoms with E-state index in [-0.39, 0.29) is 17.3 Å². The van der Waals surface area contributed by atoms with Crippen LogP contribution in [-0.2, 0) is 4.79 Å². The van der Waals surface area contributed by atoms with Gasteiger partial charge >= 0.3 is 6.18 Å². The highest BCUT2D eigenvalue weighted by Crippen LogP contribution is 2.29. The van der Waals surface area contributed by atoms with Gasteiger partial charge in [0, 0.05) is 12.7 Å². The molecule has 1 amide bonds. The number of hydrogen-bond donors (Lipinski definition) is 2. The van der Waals surface area contributed by atoms with Gasteiger partial charge in [-0.05, 0) is 18.2 Å². The predicted molar refractivity (Wildman–Crippen MR) is 66.9 cm³/mol. The summed E-state index contributed by atoms with van der Waals surface area (Å²) in [5.74, 6) is -0.913. The summed E-state index contributed by atoms with van der Waals surface area (Å²) in [5, 5.41) is 5.16. The Hall–Kier alpha value is -1.63. The van der Waals surface area contributed by atoms with Gasteiger partial charge in [0.15, 0.2) is 6.61 Å². The number of rotatable bonds is 5. The molecule has 0 aromatic heterocycles. The highest BCUT2D eigenvalue weighted by Gasteiger charge is 2.29. The van der Waals surface area contributed by atoms with Gasteiger partial charge in [-0.1, -0.05) is 0 Å². The summed E-state index contributed by atoms with van der Waals surface area (Å²) in [7, 11) is 1.64. The van der Waals surface area contributed by atoms with E-state index < -0.39 is 18.7 Å². The fourth-order valence-corrected chi connectivity index (χ4v) is 1.32. The molecule has 0 atom stereocenters. The minimum Gasteiger partial charge on any atom is -0.482 e. The van der Waals surface area contributed by atoms with Crippen molar-refractivity contribution >= 4 is 28.9 Å². The maximum Gasteiger partial charge on any atom is 0.422 e. The third kappa shape index (κ3) is 5.25. The maximum atomic E-state index is 12.1. The highest BCUT2D eigenvalue weighted by molar-refractivity contribution is 6.29. The van der Waals surface area contributed by atoms with Crippen LogP contribution in [0.5, 0.6) is 5.75 Å². The topological polar surface area (TPSA) is 50.4 Å². The van der Waals surface area contributed by atoms with E-state index in [0.717, 1.165) is 0 Å². The fraction of sp³-hybridized carbons (Fsp3) is 0.364. The SMILES string of the molecule is CNc1ccc(OCC(F)(F)F)c(NC(=O)CCl)c1. The van der Waals surface area contributed by atoms with Gasteiger partial charge in [0.25, 0.3) is 0 Å². The first-order valence-corrected chi connectivity index (χ1v) is 5.76. The molecule has 106 valence electrons. The minimum absolute atomic E-state index is 0.0743. The van der Waals surface area contributed by atoms with Crippen molar-refractivity contribution in [3.8, 4) is 5.75 Å². The van der Waals surface area contributed by atoms with Crippen LogP contribution in [0.2, 0.25) is 0 Å². The highest BCUT2D eigenvalue weighted by atomic mass is 35.5. The van der Waals surface area contributed by atoms with Gasteiger partial charge in [0.2, 0.25) is 5.91 Å². The van der Waals surface area contributed by atoms with Crippen LogP contribution < -0.4 is 15.4 Å². The number of anilines is 2. The lowest BCUT2D eigenvalue weighted by Crippen LogP contribution is -2.20. The van der Waals surface area contributed by atoms with Gasteiger partial charge in [-0.25, -0.2) is 0 Å². The van der Waals surface area contributed by atoms with Gasteiger partial charge in [-0.2, -0.15) is 13.2 Å². The van der Waals surface area contributed by atoms with E-state index in [4.69, 9.17) is 11.6 Å². The Morgan fingerprint density at radius 2 is 2.11 bits per heavy atom. The molecule has 4 nitrogen and oxygen atoms in total. The van der Waals surface area contributed by atoms with Gasteiger partial charge in [-0.15, -0.1) is 11.6 Å². The van der Waals surface area contributed by atoms with E-state index in [1.807, 2.05) is 0 Å². The second-order valence-electron chi connectivity index (χ2n) is 3.55. The van der Waals surface area contributed by atoms with Crippen LogP contribution in [0.3, 0.4) is 0 Å². The number of carbonyl (C=O) groups excluding carboxylic acids is 1. The molecular formula is C11H12ClF3N2O2. The first kappa shape index (κ1) is 15.4. The second kappa shape index (κ2) is 6.51. The van der Waals surface area contributed by atoms with Crippen LogP contribution in [0, 0.1) is 0 Å². The summed E-state index contributed by atoms with van der Waals surface area (Å²) in [5.41, 5.74) is 0.742. The lowest BCUT2D eigenvalue weighted by Gasteiger charge is -2.14. The van der Waals surface area contributed by atoms with E-state index in [1.54, 1.807) is 7.05 Å². The van der Waals surface area contributed by atoms with Crippen LogP contribution in [-0.4, -0.2) is 31.6 Å². The normalized spacial score (nSPS) is 11.0. The van der Waals surface area contributed by atoms with Crippen molar-refractivity contribution < 1.29 is 22.7 Å². The standard InChI is InChI=1S/C11H12ClF3N2O2/c1-16-7-2-3-9(19-6-11(13,14)15)8(4-7)17-10(18)5-12/h2-4,16H,5-6H2,1H3,(H,17,18). The van der Waals surface area contributed by atoms with Crippen LogP contribution in [0.4, 0.5) is 24.5 Å². The predicted octanol–water partition coefficient (Wildman–Crippen LogP) is 2.85. The average Bonchev–Trinajstić information content (AvgIpc) is 2.35. The van der Waals surface area contributed by atoms with Crippen molar-refractivity contribution in [2.75, 3.05) is 30.2 Å². The lowest BCUT2D eigenvalue weighted by molar-refractivity contribution is -0.153. The quantitative estimate of drug-likeness (QED) is 0.822.